The fraction of sp³-hybridized carbons (Fsp3) is 0.382. The largest absolute Gasteiger partial charge is 0.371 e. The van der Waals surface area contributed by atoms with Crippen molar-refractivity contribution in [2.24, 2.45) is 5.92 Å². The van der Waals surface area contributed by atoms with Crippen molar-refractivity contribution in [3.63, 3.8) is 0 Å². The summed E-state index contributed by atoms with van der Waals surface area (Å²) in [5, 5.41) is 0. The molecule has 4 nitrogen and oxygen atoms in total. The summed E-state index contributed by atoms with van der Waals surface area (Å²) in [5.41, 5.74) is 7.94. The van der Waals surface area contributed by atoms with Crippen molar-refractivity contribution in [1.82, 2.24) is 4.90 Å². The number of aryl methyl sites for hydroxylation is 2. The molecule has 0 spiro atoms. The zero-order chi connectivity index (χ0) is 26.6. The van der Waals surface area contributed by atoms with Gasteiger partial charge < -0.3 is 14.7 Å². The molecule has 0 saturated carbocycles. The van der Waals surface area contributed by atoms with E-state index in [1.807, 2.05) is 23.1 Å². The molecule has 3 aromatic rings. The van der Waals surface area contributed by atoms with Crippen LogP contribution in [0.2, 0.25) is 0 Å². The third-order valence-corrected chi connectivity index (χ3v) is 8.44. The number of piperazine rings is 1. The van der Waals surface area contributed by atoms with Crippen molar-refractivity contribution in [2.45, 2.75) is 46.1 Å². The van der Waals surface area contributed by atoms with Crippen LogP contribution in [0.25, 0.3) is 0 Å². The minimum Gasteiger partial charge on any atom is -0.371 e. The molecule has 0 unspecified atom stereocenters. The highest BCUT2D eigenvalue weighted by atomic mass is 16.2. The number of amides is 1. The van der Waals surface area contributed by atoms with E-state index >= 15 is 0 Å². The lowest BCUT2D eigenvalue weighted by Crippen LogP contribution is -2.53. The van der Waals surface area contributed by atoms with Crippen LogP contribution < -0.4 is 9.80 Å². The molecule has 2 fully saturated rings. The van der Waals surface area contributed by atoms with Crippen LogP contribution in [0, 0.1) is 32.1 Å². The van der Waals surface area contributed by atoms with Gasteiger partial charge in [0.2, 0.25) is 0 Å². The molecular formula is C34H39N3O. The number of para-hydroxylation sites is 2. The van der Waals surface area contributed by atoms with Crippen LogP contribution in [0.1, 0.15) is 52.4 Å². The number of hydrogen-bond donors (Lipinski definition) is 0. The van der Waals surface area contributed by atoms with Crippen molar-refractivity contribution < 1.29 is 4.79 Å². The summed E-state index contributed by atoms with van der Waals surface area (Å²) < 4.78 is 0. The number of piperidine rings is 1. The Morgan fingerprint density at radius 1 is 0.921 bits per heavy atom. The second-order valence-corrected chi connectivity index (χ2v) is 11.0. The number of carbonyl (C=O) groups is 1. The molecule has 0 radical (unpaired) electrons. The van der Waals surface area contributed by atoms with Crippen LogP contribution in [-0.2, 0) is 6.42 Å². The fourth-order valence-electron chi connectivity index (χ4n) is 6.22. The topological polar surface area (TPSA) is 26.8 Å². The molecule has 2 aliphatic rings. The molecule has 2 heterocycles. The van der Waals surface area contributed by atoms with Gasteiger partial charge >= 0.3 is 0 Å². The number of anilines is 2. The summed E-state index contributed by atoms with van der Waals surface area (Å²) in [5.74, 6) is 3.62. The molecule has 2 aliphatic heterocycles. The van der Waals surface area contributed by atoms with Gasteiger partial charge in [0.1, 0.15) is 0 Å². The maximum atomic E-state index is 13.7. The summed E-state index contributed by atoms with van der Waals surface area (Å²) in [6, 6.07) is 23.5. The van der Waals surface area contributed by atoms with Crippen molar-refractivity contribution in [3.8, 4) is 12.3 Å². The smallest absolute Gasteiger partial charge is 0.254 e. The lowest BCUT2D eigenvalue weighted by molar-refractivity contribution is 0.0725. The molecular weight excluding hydrogens is 466 g/mol. The Hall–Kier alpha value is -3.71. The minimum atomic E-state index is 0.170. The zero-order valence-corrected chi connectivity index (χ0v) is 23.0. The first-order chi connectivity index (χ1) is 18.4. The van der Waals surface area contributed by atoms with Gasteiger partial charge in [-0.1, -0.05) is 42.3 Å². The molecule has 0 aliphatic carbocycles. The van der Waals surface area contributed by atoms with Crippen LogP contribution >= 0.6 is 0 Å². The van der Waals surface area contributed by atoms with Crippen molar-refractivity contribution in [3.05, 3.63) is 94.5 Å². The van der Waals surface area contributed by atoms with E-state index in [2.05, 4.69) is 85.0 Å². The predicted molar refractivity (Wildman–Crippen MR) is 158 cm³/mol. The first-order valence-electron chi connectivity index (χ1n) is 14.0. The van der Waals surface area contributed by atoms with Crippen molar-refractivity contribution >= 4 is 17.3 Å². The monoisotopic (exact) mass is 505 g/mol. The molecule has 4 heteroatoms. The van der Waals surface area contributed by atoms with Gasteiger partial charge in [0.05, 0.1) is 5.69 Å². The first-order valence-corrected chi connectivity index (χ1v) is 14.0. The van der Waals surface area contributed by atoms with E-state index in [0.29, 0.717) is 5.92 Å². The molecule has 0 N–H and O–H groups in total. The van der Waals surface area contributed by atoms with Crippen LogP contribution in [0.15, 0.2) is 66.7 Å². The van der Waals surface area contributed by atoms with E-state index in [1.165, 1.54) is 22.5 Å². The Morgan fingerprint density at radius 2 is 1.63 bits per heavy atom. The van der Waals surface area contributed by atoms with E-state index in [4.69, 9.17) is 6.42 Å². The van der Waals surface area contributed by atoms with Gasteiger partial charge in [-0.15, -0.1) is 6.42 Å². The SMILES string of the molecule is C#Cc1ccccc1N1CCC(Cc2cc(C(=O)N3CCN(c4ccccc4)[C@@H](C)C3)c(C)cc2C)CC1. The maximum absolute atomic E-state index is 13.7. The van der Waals surface area contributed by atoms with Gasteiger partial charge in [0.15, 0.2) is 0 Å². The minimum absolute atomic E-state index is 0.170. The maximum Gasteiger partial charge on any atom is 0.254 e. The Bertz CT molecular complexity index is 1320. The van der Waals surface area contributed by atoms with Crippen LogP contribution in [0.5, 0.6) is 0 Å². The van der Waals surface area contributed by atoms with Gasteiger partial charge in [0.25, 0.3) is 5.91 Å². The number of benzene rings is 3. The van der Waals surface area contributed by atoms with Gasteiger partial charge in [-0.3, -0.25) is 4.79 Å². The third kappa shape index (κ3) is 5.43. The highest BCUT2D eigenvalue weighted by Crippen LogP contribution is 2.30. The van der Waals surface area contributed by atoms with Gasteiger partial charge in [-0.2, -0.15) is 0 Å². The molecule has 1 atom stereocenters. The molecule has 5 rings (SSSR count). The summed E-state index contributed by atoms with van der Waals surface area (Å²) in [4.78, 5) is 20.6. The normalized spacial score (nSPS) is 18.4. The fourth-order valence-corrected chi connectivity index (χ4v) is 6.22. The second kappa shape index (κ2) is 11.4. The highest BCUT2D eigenvalue weighted by Gasteiger charge is 2.29. The lowest BCUT2D eigenvalue weighted by Gasteiger charge is -2.41. The average Bonchev–Trinajstić information content (AvgIpc) is 2.95. The molecule has 1 amide bonds. The summed E-state index contributed by atoms with van der Waals surface area (Å²) >= 11 is 0. The van der Waals surface area contributed by atoms with Crippen LogP contribution in [0.3, 0.4) is 0 Å². The summed E-state index contributed by atoms with van der Waals surface area (Å²) in [7, 11) is 0. The number of rotatable bonds is 5. The van der Waals surface area contributed by atoms with Gasteiger partial charge in [-0.05, 0) is 93.0 Å². The van der Waals surface area contributed by atoms with Crippen LogP contribution in [0.4, 0.5) is 11.4 Å². The van der Waals surface area contributed by atoms with Crippen LogP contribution in [-0.4, -0.2) is 49.6 Å². The van der Waals surface area contributed by atoms with E-state index in [-0.39, 0.29) is 11.9 Å². The molecule has 38 heavy (non-hydrogen) atoms. The van der Waals surface area contributed by atoms with Crippen molar-refractivity contribution in [2.75, 3.05) is 42.5 Å². The van der Waals surface area contributed by atoms with E-state index in [9.17, 15) is 4.79 Å². The third-order valence-electron chi connectivity index (χ3n) is 8.44. The first kappa shape index (κ1) is 25.9. The quantitative estimate of drug-likeness (QED) is 0.392. The predicted octanol–water partition coefficient (Wildman–Crippen LogP) is 6.09. The summed E-state index contributed by atoms with van der Waals surface area (Å²) in [6.07, 6.45) is 9.03. The Kier molecular flexibility index (Phi) is 7.74. The van der Waals surface area contributed by atoms with E-state index in [1.54, 1.807) is 0 Å². The number of terminal acetylenes is 1. The summed E-state index contributed by atoms with van der Waals surface area (Å²) in [6.45, 7) is 10.9. The average molecular weight is 506 g/mol. The number of nitrogens with zero attached hydrogens (tertiary/aromatic N) is 3. The molecule has 196 valence electrons. The lowest BCUT2D eigenvalue weighted by atomic mass is 9.86. The molecule has 3 aromatic carbocycles. The molecule has 2 saturated heterocycles. The molecule has 0 aromatic heterocycles. The zero-order valence-electron chi connectivity index (χ0n) is 23.0. The van der Waals surface area contributed by atoms with E-state index < -0.39 is 0 Å². The van der Waals surface area contributed by atoms with E-state index in [0.717, 1.165) is 68.7 Å². The molecule has 0 bridgehead atoms. The number of carbonyl (C=O) groups excluding carboxylic acids is 1. The van der Waals surface area contributed by atoms with Crippen molar-refractivity contribution in [1.29, 1.82) is 0 Å². The van der Waals surface area contributed by atoms with Gasteiger partial charge in [0, 0.05) is 55.6 Å². The second-order valence-electron chi connectivity index (χ2n) is 11.0. The standard InChI is InChI=1S/C34H39N3O/c1-5-29-11-9-10-14-33(29)35-17-15-28(16-18-35)22-30-23-32(26(3)21-25(30)2)34(38)36-19-20-37(27(4)24-36)31-12-7-6-8-13-31/h1,6-14,21,23,27-28H,15-20,22,24H2,2-4H3/t27-/m0/s1. The Labute approximate surface area is 228 Å². The Morgan fingerprint density at radius 3 is 2.34 bits per heavy atom. The highest BCUT2D eigenvalue weighted by molar-refractivity contribution is 5.96. The Balaban J connectivity index is 1.24. The van der Waals surface area contributed by atoms with Gasteiger partial charge in [-0.25, -0.2) is 0 Å². The number of hydrogen-bond acceptors (Lipinski definition) is 3.